The Balaban J connectivity index is 1.93. The molecule has 0 saturated heterocycles. The maximum atomic E-state index is 13.3. The predicted molar refractivity (Wildman–Crippen MR) is 129 cm³/mol. The van der Waals surface area contributed by atoms with Crippen molar-refractivity contribution >= 4 is 5.91 Å². The minimum atomic E-state index is -0.209. The zero-order chi connectivity index (χ0) is 23.1. The number of carbonyl (C=O) groups is 1. The van der Waals surface area contributed by atoms with Crippen molar-refractivity contribution in [2.75, 3.05) is 6.61 Å². The summed E-state index contributed by atoms with van der Waals surface area (Å²) in [5, 5.41) is 4.41. The smallest absolute Gasteiger partial charge is 0.336 e. The van der Waals surface area contributed by atoms with Gasteiger partial charge in [-0.3, -0.25) is 4.79 Å². The number of aromatic nitrogens is 3. The fraction of sp³-hybridized carbons (Fsp3) is 0.444. The molecule has 3 rings (SSSR count). The molecule has 0 atom stereocenters. The van der Waals surface area contributed by atoms with Crippen molar-refractivity contribution in [2.45, 2.75) is 72.1 Å². The molecule has 0 saturated carbocycles. The van der Waals surface area contributed by atoms with Crippen molar-refractivity contribution in [3.63, 3.8) is 0 Å². The van der Waals surface area contributed by atoms with Crippen LogP contribution in [-0.4, -0.2) is 27.3 Å². The Hall–Kier alpha value is -2.95. The van der Waals surface area contributed by atoms with E-state index in [-0.39, 0.29) is 17.3 Å². The van der Waals surface area contributed by atoms with Gasteiger partial charge in [-0.1, -0.05) is 83.9 Å². The highest BCUT2D eigenvalue weighted by atomic mass is 16.5. The fourth-order valence-corrected chi connectivity index (χ4v) is 3.43. The second-order valence-electron chi connectivity index (χ2n) is 9.26. The molecule has 5 nitrogen and oxygen atoms in total. The van der Waals surface area contributed by atoms with Crippen molar-refractivity contribution in [1.29, 1.82) is 0 Å². The number of rotatable bonds is 9. The van der Waals surface area contributed by atoms with Gasteiger partial charge in [-0.25, -0.2) is 0 Å². The number of hydrogen-bond donors (Lipinski definition) is 0. The topological polar surface area (TPSA) is 57.0 Å². The van der Waals surface area contributed by atoms with Crippen LogP contribution in [0.15, 0.2) is 48.5 Å². The lowest BCUT2D eigenvalue weighted by atomic mass is 9.87. The standard InChI is InChI=1S/C27H35N3O2/c1-6-8-10-20-11-13-22(14-12-20)25(31)30-24(28-26(29-30)32-19-9-7-2)21-15-17-23(18-16-21)27(3,4)5/h11-18H,6-10,19H2,1-5H3. The zero-order valence-corrected chi connectivity index (χ0v) is 20.0. The Labute approximate surface area is 191 Å². The van der Waals surface area contributed by atoms with E-state index >= 15 is 0 Å². The summed E-state index contributed by atoms with van der Waals surface area (Å²) in [6.07, 6.45) is 5.25. The molecule has 170 valence electrons. The minimum absolute atomic E-state index is 0.0516. The molecule has 0 bridgehead atoms. The average Bonchev–Trinajstić information content (AvgIpc) is 3.21. The van der Waals surface area contributed by atoms with Gasteiger partial charge in [-0.2, -0.15) is 9.67 Å². The largest absolute Gasteiger partial charge is 0.462 e. The van der Waals surface area contributed by atoms with Gasteiger partial charge in [-0.05, 0) is 47.9 Å². The molecule has 3 aromatic rings. The quantitative estimate of drug-likeness (QED) is 0.364. The third-order valence-electron chi connectivity index (χ3n) is 5.54. The van der Waals surface area contributed by atoms with Crippen molar-refractivity contribution in [2.24, 2.45) is 0 Å². The van der Waals surface area contributed by atoms with E-state index < -0.39 is 0 Å². The first-order chi connectivity index (χ1) is 15.3. The van der Waals surface area contributed by atoms with Crippen LogP contribution in [0, 0.1) is 0 Å². The van der Waals surface area contributed by atoms with E-state index in [1.807, 2.05) is 36.4 Å². The molecule has 2 aromatic carbocycles. The van der Waals surface area contributed by atoms with Gasteiger partial charge >= 0.3 is 6.01 Å². The van der Waals surface area contributed by atoms with Crippen LogP contribution in [-0.2, 0) is 11.8 Å². The molecule has 0 aliphatic heterocycles. The number of nitrogens with zero attached hydrogens (tertiary/aromatic N) is 3. The fourth-order valence-electron chi connectivity index (χ4n) is 3.43. The maximum absolute atomic E-state index is 13.3. The van der Waals surface area contributed by atoms with Gasteiger partial charge in [0.05, 0.1) is 6.61 Å². The van der Waals surface area contributed by atoms with Crippen LogP contribution in [0.3, 0.4) is 0 Å². The van der Waals surface area contributed by atoms with Gasteiger partial charge in [0.25, 0.3) is 5.91 Å². The lowest BCUT2D eigenvalue weighted by Crippen LogP contribution is -2.15. The number of aryl methyl sites for hydroxylation is 1. The van der Waals surface area contributed by atoms with Crippen LogP contribution in [0.25, 0.3) is 11.4 Å². The van der Waals surface area contributed by atoms with Crippen LogP contribution in [0.5, 0.6) is 6.01 Å². The first-order valence-corrected chi connectivity index (χ1v) is 11.7. The highest BCUT2D eigenvalue weighted by Gasteiger charge is 2.21. The van der Waals surface area contributed by atoms with Crippen LogP contribution in [0.4, 0.5) is 0 Å². The SMILES string of the molecule is CCCCOc1nc(-c2ccc(C(C)(C)C)cc2)n(C(=O)c2ccc(CCCC)cc2)n1. The molecule has 0 aliphatic rings. The number of hydrogen-bond acceptors (Lipinski definition) is 4. The van der Waals surface area contributed by atoms with Gasteiger partial charge in [0.2, 0.25) is 0 Å². The second-order valence-corrected chi connectivity index (χ2v) is 9.26. The molecule has 0 fully saturated rings. The molecule has 0 unspecified atom stereocenters. The molecular formula is C27H35N3O2. The monoisotopic (exact) mass is 433 g/mol. The molecule has 5 heteroatoms. The molecule has 1 aromatic heterocycles. The van der Waals surface area contributed by atoms with Crippen molar-refractivity contribution in [3.05, 3.63) is 65.2 Å². The molecule has 0 N–H and O–H groups in total. The van der Waals surface area contributed by atoms with Crippen LogP contribution in [0.2, 0.25) is 0 Å². The Morgan fingerprint density at radius 3 is 2.19 bits per heavy atom. The summed E-state index contributed by atoms with van der Waals surface area (Å²) in [6, 6.07) is 16.2. The van der Waals surface area contributed by atoms with Gasteiger partial charge in [0, 0.05) is 11.1 Å². The molecule has 0 amide bonds. The van der Waals surface area contributed by atoms with E-state index in [0.29, 0.717) is 18.0 Å². The Morgan fingerprint density at radius 2 is 1.59 bits per heavy atom. The van der Waals surface area contributed by atoms with E-state index in [1.165, 1.54) is 15.8 Å². The summed E-state index contributed by atoms with van der Waals surface area (Å²) in [5.41, 5.74) is 3.94. The minimum Gasteiger partial charge on any atom is -0.462 e. The Kier molecular flexibility index (Phi) is 7.84. The average molecular weight is 434 g/mol. The Bertz CT molecular complexity index is 1010. The third kappa shape index (κ3) is 5.84. The van der Waals surface area contributed by atoms with Crippen molar-refractivity contribution in [3.8, 4) is 17.4 Å². The lowest BCUT2D eigenvalue weighted by Gasteiger charge is -2.19. The number of ether oxygens (including phenoxy) is 1. The maximum Gasteiger partial charge on any atom is 0.336 e. The van der Waals surface area contributed by atoms with Gasteiger partial charge in [-0.15, -0.1) is 5.10 Å². The summed E-state index contributed by atoms with van der Waals surface area (Å²) in [5.74, 6) is 0.289. The van der Waals surface area contributed by atoms with Crippen molar-refractivity contribution in [1.82, 2.24) is 14.8 Å². The van der Waals surface area contributed by atoms with E-state index in [0.717, 1.165) is 37.7 Å². The number of carbonyl (C=O) groups excluding carboxylic acids is 1. The predicted octanol–water partition coefficient (Wildman–Crippen LogP) is 6.45. The second kappa shape index (κ2) is 10.6. The highest BCUT2D eigenvalue weighted by Crippen LogP contribution is 2.27. The summed E-state index contributed by atoms with van der Waals surface area (Å²) in [4.78, 5) is 17.9. The van der Waals surface area contributed by atoms with E-state index in [1.54, 1.807) is 0 Å². The Morgan fingerprint density at radius 1 is 0.938 bits per heavy atom. The molecule has 0 aliphatic carbocycles. The van der Waals surface area contributed by atoms with Crippen LogP contribution < -0.4 is 4.74 Å². The summed E-state index contributed by atoms with van der Waals surface area (Å²) in [7, 11) is 0. The van der Waals surface area contributed by atoms with Gasteiger partial charge in [0.15, 0.2) is 5.82 Å². The number of benzene rings is 2. The molecule has 1 heterocycles. The first kappa shape index (κ1) is 23.7. The number of unbranched alkanes of at least 4 members (excludes halogenated alkanes) is 2. The summed E-state index contributed by atoms with van der Waals surface area (Å²) in [6.45, 7) is 11.3. The molecule has 0 spiro atoms. The molecule has 32 heavy (non-hydrogen) atoms. The normalized spacial score (nSPS) is 11.5. The first-order valence-electron chi connectivity index (χ1n) is 11.7. The van der Waals surface area contributed by atoms with Gasteiger partial charge in [0.1, 0.15) is 0 Å². The molecular weight excluding hydrogens is 398 g/mol. The van der Waals surface area contributed by atoms with E-state index in [4.69, 9.17) is 4.74 Å². The molecule has 0 radical (unpaired) electrons. The summed E-state index contributed by atoms with van der Waals surface area (Å²) < 4.78 is 7.09. The van der Waals surface area contributed by atoms with E-state index in [2.05, 4.69) is 56.8 Å². The zero-order valence-electron chi connectivity index (χ0n) is 20.0. The van der Waals surface area contributed by atoms with Crippen LogP contribution in [0.1, 0.15) is 81.8 Å². The lowest BCUT2D eigenvalue weighted by molar-refractivity contribution is 0.0944. The van der Waals surface area contributed by atoms with Crippen molar-refractivity contribution < 1.29 is 9.53 Å². The third-order valence-corrected chi connectivity index (χ3v) is 5.54. The van der Waals surface area contributed by atoms with Gasteiger partial charge < -0.3 is 4.74 Å². The summed E-state index contributed by atoms with van der Waals surface area (Å²) >= 11 is 0. The van der Waals surface area contributed by atoms with Crippen LogP contribution >= 0.6 is 0 Å². The van der Waals surface area contributed by atoms with E-state index in [9.17, 15) is 4.79 Å². The highest BCUT2D eigenvalue weighted by molar-refractivity contribution is 5.97.